The van der Waals surface area contributed by atoms with Gasteiger partial charge in [-0.1, -0.05) is 53.7 Å². The predicted octanol–water partition coefficient (Wildman–Crippen LogP) is 3.90. The maximum atomic E-state index is 11.2. The lowest BCUT2D eigenvalue weighted by Gasteiger charge is -2.05. The second kappa shape index (κ2) is 7.35. The van der Waals surface area contributed by atoms with Crippen LogP contribution in [0.3, 0.4) is 0 Å². The molecule has 130 valence electrons. The van der Waals surface area contributed by atoms with Gasteiger partial charge in [0.1, 0.15) is 0 Å². The molecule has 4 rings (SSSR count). The van der Waals surface area contributed by atoms with E-state index in [1.165, 1.54) is 17.3 Å². The largest absolute Gasteiger partial charge is 0.342 e. The van der Waals surface area contributed by atoms with Crippen molar-refractivity contribution in [1.29, 1.82) is 0 Å². The molecule has 2 aromatic carbocycles. The molecule has 0 bridgehead atoms. The first-order chi connectivity index (χ1) is 12.7. The molecule has 2 heterocycles. The Hall–Kier alpha value is -2.57. The molecule has 0 aliphatic carbocycles. The van der Waals surface area contributed by atoms with E-state index in [9.17, 15) is 4.79 Å². The highest BCUT2D eigenvalue weighted by Gasteiger charge is 2.16. The Morgan fingerprint density at radius 2 is 2.00 bits per heavy atom. The maximum absolute atomic E-state index is 11.2. The number of hydrogen-bond acceptors (Lipinski definition) is 4. The molecule has 1 aromatic heterocycles. The Bertz CT molecular complexity index is 1020. The fourth-order valence-electron chi connectivity index (χ4n) is 2.82. The van der Waals surface area contributed by atoms with Crippen molar-refractivity contribution < 1.29 is 4.79 Å². The summed E-state index contributed by atoms with van der Waals surface area (Å²) in [5.41, 5.74) is 3.28. The van der Waals surface area contributed by atoms with E-state index >= 15 is 0 Å². The lowest BCUT2D eigenvalue weighted by atomic mass is 10.2. The Kier molecular flexibility index (Phi) is 4.77. The number of benzene rings is 2. The molecule has 26 heavy (non-hydrogen) atoms. The number of aromatic nitrogens is 1. The van der Waals surface area contributed by atoms with Crippen LogP contribution in [-0.4, -0.2) is 27.6 Å². The third-order valence-corrected chi connectivity index (χ3v) is 5.13. The summed E-state index contributed by atoms with van der Waals surface area (Å²) in [6, 6.07) is 16.0. The van der Waals surface area contributed by atoms with Crippen LogP contribution < -0.4 is 5.32 Å². The Labute approximate surface area is 159 Å². The molecule has 3 aromatic rings. The number of carbonyl (C=O) groups excluding carboxylic acids is 1. The van der Waals surface area contributed by atoms with E-state index in [4.69, 9.17) is 11.6 Å². The summed E-state index contributed by atoms with van der Waals surface area (Å²) in [5, 5.41) is 13.2. The van der Waals surface area contributed by atoms with Crippen LogP contribution in [0.25, 0.3) is 10.9 Å². The van der Waals surface area contributed by atoms with Crippen molar-refractivity contribution in [2.75, 3.05) is 5.75 Å². The average molecular weight is 383 g/mol. The molecule has 1 aliphatic rings. The zero-order chi connectivity index (χ0) is 17.9. The number of halogens is 1. The number of nitrogens with one attached hydrogen (secondary N) is 1. The highest BCUT2D eigenvalue weighted by atomic mass is 35.5. The molecule has 0 radical (unpaired) electrons. The van der Waals surface area contributed by atoms with Crippen molar-refractivity contribution in [1.82, 2.24) is 9.88 Å². The van der Waals surface area contributed by atoms with Crippen molar-refractivity contribution in [3.05, 3.63) is 70.9 Å². The average Bonchev–Trinajstić information content (AvgIpc) is 3.21. The van der Waals surface area contributed by atoms with Gasteiger partial charge in [0.05, 0.1) is 12.0 Å². The van der Waals surface area contributed by atoms with Gasteiger partial charge >= 0.3 is 0 Å². The number of carbonyl (C=O) groups is 1. The zero-order valence-electron chi connectivity index (χ0n) is 13.7. The van der Waals surface area contributed by atoms with Gasteiger partial charge in [-0.25, -0.2) is 0 Å². The minimum atomic E-state index is -0.0384. The van der Waals surface area contributed by atoms with Gasteiger partial charge in [-0.05, 0) is 23.8 Å². The highest BCUT2D eigenvalue weighted by molar-refractivity contribution is 8.15. The molecule has 1 amide bonds. The number of fused-ring (bicyclic) bond motifs is 1. The molecule has 1 saturated heterocycles. The van der Waals surface area contributed by atoms with Crippen molar-refractivity contribution in [2.45, 2.75) is 6.54 Å². The van der Waals surface area contributed by atoms with Gasteiger partial charge < -0.3 is 9.88 Å². The van der Waals surface area contributed by atoms with E-state index in [1.54, 1.807) is 6.21 Å². The quantitative estimate of drug-likeness (QED) is 0.549. The molecule has 0 spiro atoms. The van der Waals surface area contributed by atoms with E-state index in [1.807, 2.05) is 36.4 Å². The number of nitrogens with zero attached hydrogens (tertiary/aromatic N) is 3. The SMILES string of the molecule is O=C1CSC(=NN=Cc2cn(Cc3ccc(Cl)cc3)c3ccccc23)N1. The van der Waals surface area contributed by atoms with Gasteiger partial charge in [0, 0.05) is 34.2 Å². The van der Waals surface area contributed by atoms with Crippen LogP contribution in [0.4, 0.5) is 0 Å². The molecular formula is C19H15ClN4OS. The fourth-order valence-corrected chi connectivity index (χ4v) is 3.57. The molecule has 7 heteroatoms. The Balaban J connectivity index is 1.63. The van der Waals surface area contributed by atoms with Gasteiger partial charge in [-0.15, -0.1) is 5.10 Å². The zero-order valence-corrected chi connectivity index (χ0v) is 15.3. The molecule has 0 unspecified atom stereocenters. The summed E-state index contributed by atoms with van der Waals surface area (Å²) in [6.07, 6.45) is 3.78. The number of amides is 1. The van der Waals surface area contributed by atoms with E-state index in [-0.39, 0.29) is 5.91 Å². The van der Waals surface area contributed by atoms with E-state index < -0.39 is 0 Å². The summed E-state index contributed by atoms with van der Waals surface area (Å²) in [5.74, 6) is 0.359. The lowest BCUT2D eigenvalue weighted by Crippen LogP contribution is -2.19. The minimum absolute atomic E-state index is 0.0384. The van der Waals surface area contributed by atoms with E-state index in [0.717, 1.165) is 28.0 Å². The second-order valence-corrected chi connectivity index (χ2v) is 7.24. The van der Waals surface area contributed by atoms with Crippen molar-refractivity contribution in [3.8, 4) is 0 Å². The van der Waals surface area contributed by atoms with Crippen LogP contribution >= 0.6 is 23.4 Å². The molecule has 5 nitrogen and oxygen atoms in total. The maximum Gasteiger partial charge on any atom is 0.236 e. The van der Waals surface area contributed by atoms with Crippen molar-refractivity contribution in [3.63, 3.8) is 0 Å². The second-order valence-electron chi connectivity index (χ2n) is 5.84. The summed E-state index contributed by atoms with van der Waals surface area (Å²) >= 11 is 7.33. The smallest absolute Gasteiger partial charge is 0.236 e. The van der Waals surface area contributed by atoms with Gasteiger partial charge in [0.25, 0.3) is 0 Å². The minimum Gasteiger partial charge on any atom is -0.342 e. The molecule has 0 saturated carbocycles. The lowest BCUT2D eigenvalue weighted by molar-refractivity contribution is -0.116. The monoisotopic (exact) mass is 382 g/mol. The van der Waals surface area contributed by atoms with Crippen LogP contribution in [0.15, 0.2) is 64.9 Å². The molecule has 1 N–H and O–H groups in total. The molecular weight excluding hydrogens is 368 g/mol. The van der Waals surface area contributed by atoms with Gasteiger partial charge in [0.2, 0.25) is 5.91 Å². The van der Waals surface area contributed by atoms with Crippen LogP contribution in [0.2, 0.25) is 5.02 Å². The van der Waals surface area contributed by atoms with Gasteiger partial charge in [-0.3, -0.25) is 4.79 Å². The first-order valence-corrected chi connectivity index (χ1v) is 9.41. The Morgan fingerprint density at radius 3 is 2.77 bits per heavy atom. The summed E-state index contributed by atoms with van der Waals surface area (Å²) in [7, 11) is 0. The summed E-state index contributed by atoms with van der Waals surface area (Å²) < 4.78 is 2.18. The van der Waals surface area contributed by atoms with E-state index in [0.29, 0.717) is 10.9 Å². The predicted molar refractivity (Wildman–Crippen MR) is 108 cm³/mol. The first kappa shape index (κ1) is 16.9. The standard InChI is InChI=1S/C19H15ClN4OS/c20-15-7-5-13(6-8-15)10-24-11-14(16-3-1-2-4-17(16)24)9-21-23-19-22-18(25)12-26-19/h1-9,11H,10,12H2,(H,22,23,25). The highest BCUT2D eigenvalue weighted by Crippen LogP contribution is 2.22. The van der Waals surface area contributed by atoms with Crippen LogP contribution in [-0.2, 0) is 11.3 Å². The third-order valence-electron chi connectivity index (χ3n) is 4.02. The number of amidine groups is 1. The topological polar surface area (TPSA) is 58.8 Å². The van der Waals surface area contributed by atoms with Crippen LogP contribution in [0.1, 0.15) is 11.1 Å². The fraction of sp³-hybridized carbons (Fsp3) is 0.105. The van der Waals surface area contributed by atoms with E-state index in [2.05, 4.69) is 38.4 Å². The molecule has 0 atom stereocenters. The first-order valence-electron chi connectivity index (χ1n) is 8.05. The number of para-hydroxylation sites is 1. The molecule has 1 fully saturated rings. The number of rotatable bonds is 4. The Morgan fingerprint density at radius 1 is 1.19 bits per heavy atom. The van der Waals surface area contributed by atoms with Crippen molar-refractivity contribution in [2.24, 2.45) is 10.2 Å². The third kappa shape index (κ3) is 3.66. The van der Waals surface area contributed by atoms with Crippen molar-refractivity contribution >= 4 is 51.6 Å². The van der Waals surface area contributed by atoms with Gasteiger partial charge in [0.15, 0.2) is 5.17 Å². The number of hydrogen-bond donors (Lipinski definition) is 1. The van der Waals surface area contributed by atoms with Gasteiger partial charge in [-0.2, -0.15) is 5.10 Å². The summed E-state index contributed by atoms with van der Waals surface area (Å²) in [6.45, 7) is 0.742. The van der Waals surface area contributed by atoms with Crippen LogP contribution in [0.5, 0.6) is 0 Å². The normalized spacial score (nSPS) is 16.0. The van der Waals surface area contributed by atoms with Crippen LogP contribution in [0, 0.1) is 0 Å². The number of thioether (sulfide) groups is 1. The molecule has 1 aliphatic heterocycles. The summed E-state index contributed by atoms with van der Waals surface area (Å²) in [4.78, 5) is 11.2.